The van der Waals surface area contributed by atoms with Gasteiger partial charge < -0.3 is 15.4 Å². The van der Waals surface area contributed by atoms with Crippen molar-refractivity contribution in [2.45, 2.75) is 50.9 Å². The number of ether oxygens (including phenoxy) is 1. The van der Waals surface area contributed by atoms with Crippen LogP contribution in [0.25, 0.3) is 0 Å². The van der Waals surface area contributed by atoms with Gasteiger partial charge in [-0.3, -0.25) is 4.79 Å². The Labute approximate surface area is 129 Å². The lowest BCUT2D eigenvalue weighted by molar-refractivity contribution is 0.0840. The van der Waals surface area contributed by atoms with Gasteiger partial charge in [0.25, 0.3) is 5.91 Å². The maximum absolute atomic E-state index is 12.3. The van der Waals surface area contributed by atoms with E-state index in [4.69, 9.17) is 16.3 Å². The number of carbonyl (C=O) groups excluding carboxylic acids is 1. The molecule has 2 saturated heterocycles. The normalized spacial score (nSPS) is 26.9. The van der Waals surface area contributed by atoms with Gasteiger partial charge in [0.05, 0.1) is 28.8 Å². The first kappa shape index (κ1) is 14.6. The van der Waals surface area contributed by atoms with Crippen molar-refractivity contribution < 1.29 is 9.53 Å². The molecule has 0 spiro atoms. The molecule has 1 aromatic heterocycles. The Kier molecular flexibility index (Phi) is 4.31. The molecule has 0 saturated carbocycles. The molecule has 3 rings (SSSR count). The van der Waals surface area contributed by atoms with Gasteiger partial charge in [-0.2, -0.15) is 0 Å². The number of rotatable bonds is 5. The second kappa shape index (κ2) is 6.20. The molecule has 21 heavy (non-hydrogen) atoms. The minimum atomic E-state index is -0.132. The highest BCUT2D eigenvalue weighted by Gasteiger charge is 2.41. The SMILES string of the molecule is CCCNc1ncc(C(=O)NC2CC3CCC2O3)cc1Cl. The molecule has 0 aliphatic carbocycles. The molecular weight excluding hydrogens is 290 g/mol. The highest BCUT2D eigenvalue weighted by Crippen LogP contribution is 2.34. The zero-order valence-corrected chi connectivity index (χ0v) is 12.8. The minimum Gasteiger partial charge on any atom is -0.373 e. The van der Waals surface area contributed by atoms with Crippen molar-refractivity contribution in [3.63, 3.8) is 0 Å². The maximum Gasteiger partial charge on any atom is 0.253 e. The van der Waals surface area contributed by atoms with Gasteiger partial charge in [-0.15, -0.1) is 0 Å². The van der Waals surface area contributed by atoms with Crippen molar-refractivity contribution in [3.05, 3.63) is 22.8 Å². The zero-order chi connectivity index (χ0) is 14.8. The molecule has 2 fully saturated rings. The highest BCUT2D eigenvalue weighted by atomic mass is 35.5. The van der Waals surface area contributed by atoms with Crippen molar-refractivity contribution in [1.29, 1.82) is 0 Å². The fraction of sp³-hybridized carbons (Fsp3) is 0.600. The summed E-state index contributed by atoms with van der Waals surface area (Å²) < 4.78 is 5.74. The fourth-order valence-electron chi connectivity index (χ4n) is 2.98. The van der Waals surface area contributed by atoms with E-state index >= 15 is 0 Å². The quantitative estimate of drug-likeness (QED) is 0.877. The Morgan fingerprint density at radius 2 is 2.38 bits per heavy atom. The highest BCUT2D eigenvalue weighted by molar-refractivity contribution is 6.33. The van der Waals surface area contributed by atoms with Gasteiger partial charge in [-0.05, 0) is 31.7 Å². The summed E-state index contributed by atoms with van der Waals surface area (Å²) in [5.41, 5.74) is 0.491. The summed E-state index contributed by atoms with van der Waals surface area (Å²) in [7, 11) is 0. The molecule has 5 nitrogen and oxygen atoms in total. The van der Waals surface area contributed by atoms with Crippen molar-refractivity contribution in [2.24, 2.45) is 0 Å². The second-order valence-electron chi connectivity index (χ2n) is 5.67. The number of halogens is 1. The standard InChI is InChI=1S/C15H20ClN3O2/c1-2-5-17-14-11(16)6-9(8-18-14)15(20)19-12-7-10-3-4-13(12)21-10/h6,8,10,12-13H,2-5,7H2,1H3,(H,17,18)(H,19,20). The van der Waals surface area contributed by atoms with Crippen LogP contribution in [-0.4, -0.2) is 35.7 Å². The van der Waals surface area contributed by atoms with E-state index < -0.39 is 0 Å². The van der Waals surface area contributed by atoms with Crippen LogP contribution in [-0.2, 0) is 4.74 Å². The summed E-state index contributed by atoms with van der Waals surface area (Å²) in [6.45, 7) is 2.88. The van der Waals surface area contributed by atoms with Gasteiger partial charge in [0.2, 0.25) is 0 Å². The molecule has 3 atom stereocenters. The molecule has 1 amide bonds. The van der Waals surface area contributed by atoms with E-state index in [0.717, 1.165) is 32.2 Å². The Morgan fingerprint density at radius 3 is 3.00 bits per heavy atom. The second-order valence-corrected chi connectivity index (χ2v) is 6.08. The Hall–Kier alpha value is -1.33. The summed E-state index contributed by atoms with van der Waals surface area (Å²) >= 11 is 6.16. The minimum absolute atomic E-state index is 0.118. The van der Waals surface area contributed by atoms with E-state index in [2.05, 4.69) is 22.5 Å². The summed E-state index contributed by atoms with van der Waals surface area (Å²) in [6.07, 6.45) is 6.11. The largest absolute Gasteiger partial charge is 0.373 e. The number of fused-ring (bicyclic) bond motifs is 2. The lowest BCUT2D eigenvalue weighted by atomic mass is 9.95. The topological polar surface area (TPSA) is 63.2 Å². The number of anilines is 1. The van der Waals surface area contributed by atoms with Gasteiger partial charge >= 0.3 is 0 Å². The van der Waals surface area contributed by atoms with Crippen molar-refractivity contribution in [2.75, 3.05) is 11.9 Å². The molecule has 2 N–H and O–H groups in total. The third-order valence-corrected chi connectivity index (χ3v) is 4.36. The smallest absolute Gasteiger partial charge is 0.253 e. The first-order chi connectivity index (χ1) is 10.2. The van der Waals surface area contributed by atoms with Gasteiger partial charge in [0.15, 0.2) is 0 Å². The van der Waals surface area contributed by atoms with Gasteiger partial charge in [0.1, 0.15) is 5.82 Å². The lowest BCUT2D eigenvalue weighted by Gasteiger charge is -2.20. The predicted octanol–water partition coefficient (Wildman–Crippen LogP) is 2.61. The number of hydrogen-bond donors (Lipinski definition) is 2. The van der Waals surface area contributed by atoms with E-state index in [9.17, 15) is 4.79 Å². The number of pyridine rings is 1. The third kappa shape index (κ3) is 3.14. The molecule has 3 heterocycles. The van der Waals surface area contributed by atoms with Crippen molar-refractivity contribution >= 4 is 23.3 Å². The summed E-state index contributed by atoms with van der Waals surface area (Å²) in [5.74, 6) is 0.492. The van der Waals surface area contributed by atoms with Crippen LogP contribution in [0.2, 0.25) is 5.02 Å². The number of nitrogens with zero attached hydrogens (tertiary/aromatic N) is 1. The van der Waals surface area contributed by atoms with E-state index in [1.807, 2.05) is 0 Å². The van der Waals surface area contributed by atoms with Gasteiger partial charge in [-0.25, -0.2) is 4.98 Å². The van der Waals surface area contributed by atoms with Crippen LogP contribution in [0, 0.1) is 0 Å². The molecule has 6 heteroatoms. The molecule has 1 aromatic rings. The van der Waals surface area contributed by atoms with Crippen LogP contribution >= 0.6 is 11.6 Å². The monoisotopic (exact) mass is 309 g/mol. The van der Waals surface area contributed by atoms with Crippen LogP contribution in [0.1, 0.15) is 43.0 Å². The Balaban J connectivity index is 1.63. The number of aromatic nitrogens is 1. The first-order valence-electron chi connectivity index (χ1n) is 7.53. The van der Waals surface area contributed by atoms with Crippen LogP contribution in [0.5, 0.6) is 0 Å². The predicted molar refractivity (Wildman–Crippen MR) is 81.8 cm³/mol. The summed E-state index contributed by atoms with van der Waals surface area (Å²) in [6, 6.07) is 1.78. The average Bonchev–Trinajstić information content (AvgIpc) is 3.08. The molecule has 0 radical (unpaired) electrons. The number of carbonyl (C=O) groups is 1. The Bertz CT molecular complexity index is 538. The van der Waals surface area contributed by atoms with Crippen LogP contribution in [0.15, 0.2) is 12.3 Å². The van der Waals surface area contributed by atoms with Crippen LogP contribution in [0.4, 0.5) is 5.82 Å². The first-order valence-corrected chi connectivity index (χ1v) is 7.91. The number of hydrogen-bond acceptors (Lipinski definition) is 4. The fourth-order valence-corrected chi connectivity index (χ4v) is 3.21. The van der Waals surface area contributed by atoms with Crippen molar-refractivity contribution in [1.82, 2.24) is 10.3 Å². The summed E-state index contributed by atoms with van der Waals surface area (Å²) in [4.78, 5) is 16.5. The lowest BCUT2D eigenvalue weighted by Crippen LogP contribution is -2.41. The third-order valence-electron chi connectivity index (χ3n) is 4.07. The number of nitrogens with one attached hydrogen (secondary N) is 2. The molecule has 2 bridgehead atoms. The van der Waals surface area contributed by atoms with Gasteiger partial charge in [-0.1, -0.05) is 18.5 Å². The average molecular weight is 310 g/mol. The van der Waals surface area contributed by atoms with E-state index in [-0.39, 0.29) is 18.1 Å². The van der Waals surface area contributed by atoms with Crippen LogP contribution < -0.4 is 10.6 Å². The van der Waals surface area contributed by atoms with E-state index in [0.29, 0.717) is 22.5 Å². The van der Waals surface area contributed by atoms with Crippen molar-refractivity contribution in [3.8, 4) is 0 Å². The molecule has 114 valence electrons. The Morgan fingerprint density at radius 1 is 1.52 bits per heavy atom. The molecule has 3 unspecified atom stereocenters. The van der Waals surface area contributed by atoms with E-state index in [1.54, 1.807) is 12.3 Å². The van der Waals surface area contributed by atoms with Crippen LogP contribution in [0.3, 0.4) is 0 Å². The molecule has 2 aliphatic heterocycles. The maximum atomic E-state index is 12.3. The molecular formula is C15H20ClN3O2. The summed E-state index contributed by atoms with van der Waals surface area (Å²) in [5, 5.41) is 6.64. The number of amides is 1. The molecule has 0 aromatic carbocycles. The molecule has 2 aliphatic rings. The van der Waals surface area contributed by atoms with Gasteiger partial charge in [0, 0.05) is 12.7 Å². The van der Waals surface area contributed by atoms with E-state index in [1.165, 1.54) is 0 Å². The zero-order valence-electron chi connectivity index (χ0n) is 12.1.